The van der Waals surface area contributed by atoms with E-state index >= 15 is 0 Å². The van der Waals surface area contributed by atoms with E-state index in [1.54, 1.807) is 25.1 Å². The van der Waals surface area contributed by atoms with E-state index in [1.807, 2.05) is 43.3 Å². The Labute approximate surface area is 163 Å². The Morgan fingerprint density at radius 3 is 2.57 bits per heavy atom. The van der Waals surface area contributed by atoms with Crippen LogP contribution < -0.4 is 15.6 Å². The second-order valence-corrected chi connectivity index (χ2v) is 6.39. The highest BCUT2D eigenvalue weighted by Gasteiger charge is 2.19. The number of hydrogen-bond acceptors (Lipinski definition) is 4. The van der Waals surface area contributed by atoms with Crippen molar-refractivity contribution in [2.24, 2.45) is 0 Å². The number of benzene rings is 2. The number of aromatic nitrogens is 2. The van der Waals surface area contributed by atoms with Gasteiger partial charge in [-0.05, 0) is 31.5 Å². The van der Waals surface area contributed by atoms with Gasteiger partial charge >= 0.3 is 0 Å². The van der Waals surface area contributed by atoms with E-state index in [9.17, 15) is 9.59 Å². The molecular weight excluding hydrogens is 354 g/mol. The standard InChI is InChI=1S/C22H23N3O3/c1-3-28-20-12-8-7-11-18(20)22(27)25-19(16-9-5-4-6-10-16)13-17-14-21(26)24-15(2)23-17/h4-12,14,19H,3,13H2,1-2H3,(H,25,27)(H,23,24,26)/t19-/m0/s1. The van der Waals surface area contributed by atoms with Crippen LogP contribution in [0.25, 0.3) is 0 Å². The highest BCUT2D eigenvalue weighted by atomic mass is 16.5. The molecule has 0 spiro atoms. The molecule has 0 saturated heterocycles. The summed E-state index contributed by atoms with van der Waals surface area (Å²) in [6.45, 7) is 4.09. The van der Waals surface area contributed by atoms with Crippen molar-refractivity contribution in [1.29, 1.82) is 0 Å². The van der Waals surface area contributed by atoms with Gasteiger partial charge in [0.1, 0.15) is 11.6 Å². The summed E-state index contributed by atoms with van der Waals surface area (Å²) in [5, 5.41) is 3.06. The van der Waals surface area contributed by atoms with E-state index < -0.39 is 0 Å². The smallest absolute Gasteiger partial charge is 0.255 e. The third-order valence-electron chi connectivity index (χ3n) is 4.27. The van der Waals surface area contributed by atoms with Gasteiger partial charge in [0, 0.05) is 12.5 Å². The maximum atomic E-state index is 13.0. The number of para-hydroxylation sites is 1. The Balaban J connectivity index is 1.90. The van der Waals surface area contributed by atoms with Crippen LogP contribution in [0.2, 0.25) is 0 Å². The normalized spacial score (nSPS) is 11.6. The molecule has 3 rings (SSSR count). The molecule has 0 saturated carbocycles. The molecule has 1 atom stereocenters. The lowest BCUT2D eigenvalue weighted by atomic mass is 10.0. The zero-order valence-electron chi connectivity index (χ0n) is 15.9. The first kappa shape index (κ1) is 19.4. The van der Waals surface area contributed by atoms with Crippen LogP contribution in [0.3, 0.4) is 0 Å². The van der Waals surface area contributed by atoms with Crippen LogP contribution in [0, 0.1) is 6.92 Å². The van der Waals surface area contributed by atoms with Crippen LogP contribution in [0.5, 0.6) is 5.75 Å². The lowest BCUT2D eigenvalue weighted by Crippen LogP contribution is -2.31. The minimum atomic E-state index is -0.336. The van der Waals surface area contributed by atoms with E-state index in [1.165, 1.54) is 6.07 Å². The summed E-state index contributed by atoms with van der Waals surface area (Å²) in [7, 11) is 0. The fraction of sp³-hybridized carbons (Fsp3) is 0.227. The van der Waals surface area contributed by atoms with Crippen molar-refractivity contribution >= 4 is 5.91 Å². The number of aromatic amines is 1. The summed E-state index contributed by atoms with van der Waals surface area (Å²) >= 11 is 0. The van der Waals surface area contributed by atoms with Gasteiger partial charge in [0.15, 0.2) is 0 Å². The Kier molecular flexibility index (Phi) is 6.22. The van der Waals surface area contributed by atoms with Gasteiger partial charge in [-0.3, -0.25) is 9.59 Å². The third-order valence-corrected chi connectivity index (χ3v) is 4.27. The lowest BCUT2D eigenvalue weighted by molar-refractivity contribution is 0.0932. The largest absolute Gasteiger partial charge is 0.493 e. The Morgan fingerprint density at radius 2 is 1.86 bits per heavy atom. The first-order valence-corrected chi connectivity index (χ1v) is 9.21. The molecule has 6 heteroatoms. The van der Waals surface area contributed by atoms with Gasteiger partial charge in [-0.1, -0.05) is 42.5 Å². The highest BCUT2D eigenvalue weighted by Crippen LogP contribution is 2.22. The van der Waals surface area contributed by atoms with Gasteiger partial charge in [-0.2, -0.15) is 0 Å². The number of nitrogens with zero attached hydrogens (tertiary/aromatic N) is 1. The second-order valence-electron chi connectivity index (χ2n) is 6.39. The quantitative estimate of drug-likeness (QED) is 0.662. The van der Waals surface area contributed by atoms with Crippen molar-refractivity contribution in [2.45, 2.75) is 26.3 Å². The molecule has 1 aromatic heterocycles. The molecule has 2 aromatic carbocycles. The predicted octanol–water partition coefficient (Wildman–Crippen LogP) is 3.19. The minimum Gasteiger partial charge on any atom is -0.493 e. The average Bonchev–Trinajstić information content (AvgIpc) is 2.68. The SMILES string of the molecule is CCOc1ccccc1C(=O)N[C@@H](Cc1cc(=O)[nH]c(C)n1)c1ccccc1. The van der Waals surface area contributed by atoms with Gasteiger partial charge < -0.3 is 15.0 Å². The molecule has 0 bridgehead atoms. The molecule has 1 heterocycles. The zero-order valence-corrected chi connectivity index (χ0v) is 15.9. The van der Waals surface area contributed by atoms with Crippen molar-refractivity contribution in [3.8, 4) is 5.75 Å². The Bertz CT molecular complexity index is 999. The van der Waals surface area contributed by atoms with Gasteiger partial charge in [0.2, 0.25) is 0 Å². The van der Waals surface area contributed by atoms with Crippen LogP contribution in [0.4, 0.5) is 0 Å². The summed E-state index contributed by atoms with van der Waals surface area (Å²) in [5.41, 5.74) is 1.82. The molecule has 0 fully saturated rings. The maximum absolute atomic E-state index is 13.0. The number of rotatable bonds is 7. The molecule has 6 nitrogen and oxygen atoms in total. The monoisotopic (exact) mass is 377 g/mol. The highest BCUT2D eigenvalue weighted by molar-refractivity contribution is 5.97. The number of aryl methyl sites for hydroxylation is 1. The van der Waals surface area contributed by atoms with Crippen molar-refractivity contribution in [1.82, 2.24) is 15.3 Å². The molecule has 144 valence electrons. The molecule has 0 unspecified atom stereocenters. The molecule has 2 N–H and O–H groups in total. The summed E-state index contributed by atoms with van der Waals surface area (Å²) < 4.78 is 5.58. The van der Waals surface area contributed by atoms with E-state index in [-0.39, 0.29) is 17.5 Å². The topological polar surface area (TPSA) is 84.1 Å². The van der Waals surface area contributed by atoms with E-state index in [2.05, 4.69) is 15.3 Å². The fourth-order valence-electron chi connectivity index (χ4n) is 3.06. The van der Waals surface area contributed by atoms with E-state index in [4.69, 9.17) is 4.74 Å². The van der Waals surface area contributed by atoms with Crippen molar-refractivity contribution < 1.29 is 9.53 Å². The molecule has 0 aliphatic rings. The number of carbonyl (C=O) groups excluding carboxylic acids is 1. The Morgan fingerprint density at radius 1 is 1.14 bits per heavy atom. The lowest BCUT2D eigenvalue weighted by Gasteiger charge is -2.20. The molecule has 3 aromatic rings. The zero-order chi connectivity index (χ0) is 19.9. The molecule has 1 amide bonds. The van der Waals surface area contributed by atoms with Crippen molar-refractivity contribution in [3.05, 3.63) is 93.7 Å². The first-order valence-electron chi connectivity index (χ1n) is 9.21. The number of carbonyl (C=O) groups is 1. The molecular formula is C22H23N3O3. The van der Waals surface area contributed by atoms with E-state index in [0.717, 1.165) is 5.56 Å². The Hall–Kier alpha value is -3.41. The number of H-pyrrole nitrogens is 1. The van der Waals surface area contributed by atoms with Crippen molar-refractivity contribution in [2.75, 3.05) is 6.61 Å². The number of amides is 1. The molecule has 0 aliphatic heterocycles. The van der Waals surface area contributed by atoms with E-state index in [0.29, 0.717) is 35.9 Å². The van der Waals surface area contributed by atoms with Crippen LogP contribution in [0.15, 0.2) is 65.5 Å². The van der Waals surface area contributed by atoms with Gasteiger partial charge in [-0.15, -0.1) is 0 Å². The van der Waals surface area contributed by atoms with Gasteiger partial charge in [0.25, 0.3) is 11.5 Å². The van der Waals surface area contributed by atoms with Crippen LogP contribution in [0.1, 0.15) is 40.4 Å². The van der Waals surface area contributed by atoms with Gasteiger partial charge in [-0.25, -0.2) is 4.98 Å². The second kappa shape index (κ2) is 8.99. The number of hydrogen-bond donors (Lipinski definition) is 2. The third kappa shape index (κ3) is 4.85. The fourth-order valence-corrected chi connectivity index (χ4v) is 3.06. The van der Waals surface area contributed by atoms with Crippen LogP contribution in [-0.4, -0.2) is 22.5 Å². The molecule has 28 heavy (non-hydrogen) atoms. The molecule has 0 radical (unpaired) electrons. The number of nitrogens with one attached hydrogen (secondary N) is 2. The first-order chi connectivity index (χ1) is 13.6. The summed E-state index contributed by atoms with van der Waals surface area (Å²) in [6.07, 6.45) is 0.400. The van der Waals surface area contributed by atoms with Gasteiger partial charge in [0.05, 0.1) is 23.9 Å². The summed E-state index contributed by atoms with van der Waals surface area (Å²) in [4.78, 5) is 31.8. The van der Waals surface area contributed by atoms with Crippen LogP contribution in [-0.2, 0) is 6.42 Å². The molecule has 0 aliphatic carbocycles. The van der Waals surface area contributed by atoms with Crippen molar-refractivity contribution in [3.63, 3.8) is 0 Å². The summed E-state index contributed by atoms with van der Waals surface area (Å²) in [6, 6.07) is 17.9. The predicted molar refractivity (Wildman–Crippen MR) is 108 cm³/mol. The summed E-state index contributed by atoms with van der Waals surface area (Å²) in [5.74, 6) is 0.848. The van der Waals surface area contributed by atoms with Crippen LogP contribution >= 0.6 is 0 Å². The minimum absolute atomic E-state index is 0.206. The number of ether oxygens (including phenoxy) is 1. The average molecular weight is 377 g/mol. The maximum Gasteiger partial charge on any atom is 0.255 e.